The van der Waals surface area contributed by atoms with Gasteiger partial charge in [0.05, 0.1) is 103 Å². The van der Waals surface area contributed by atoms with Crippen molar-refractivity contribution in [2.45, 2.75) is 69.2 Å². The molecule has 2 aliphatic heterocycles. The number of ether oxygens (including phenoxy) is 10. The lowest BCUT2D eigenvalue weighted by atomic mass is 10.1. The molecule has 2 aliphatic rings. The van der Waals surface area contributed by atoms with E-state index in [0.717, 1.165) is 17.2 Å². The van der Waals surface area contributed by atoms with E-state index < -0.39 is 21.7 Å². The molecule has 2 heterocycles. The van der Waals surface area contributed by atoms with Crippen LogP contribution in [-0.4, -0.2) is 144 Å². The van der Waals surface area contributed by atoms with Gasteiger partial charge in [0, 0.05) is 27.2 Å². The summed E-state index contributed by atoms with van der Waals surface area (Å²) in [6.07, 6.45) is 1.34. The van der Waals surface area contributed by atoms with Crippen molar-refractivity contribution in [2.75, 3.05) is 107 Å². The van der Waals surface area contributed by atoms with Crippen LogP contribution in [0.4, 0.5) is 0 Å². The van der Waals surface area contributed by atoms with Gasteiger partial charge in [-0.05, 0) is 57.0 Å². The van der Waals surface area contributed by atoms with Crippen molar-refractivity contribution in [1.82, 2.24) is 0 Å². The largest absolute Gasteiger partial charge is 0.394 e. The zero-order valence-corrected chi connectivity index (χ0v) is 32.0. The summed E-state index contributed by atoms with van der Waals surface area (Å²) in [6, 6.07) is 12.6. The standard InChI is InChI=1S/C17H20O5S.C12H24O5.C7H16O4/c1-17(2)20-12-15(22-17)9-10-21-23(18,19)16-8-7-13-5-3-4-6-14(13)11-16;1-12(2)16-10-11(17-12)4-5-14-8-9-15-7-6-13-3;1-9-4-5-11-7-6-10-3-2-8/h3-8,11,15H,9-10,12H2,1-2H3;11H,4-10H2,1-3H3;8H,2-7H2,1H3. The van der Waals surface area contributed by atoms with Gasteiger partial charge in [0.1, 0.15) is 0 Å². The van der Waals surface area contributed by atoms with Gasteiger partial charge in [-0.2, -0.15) is 8.42 Å². The lowest BCUT2D eigenvalue weighted by Crippen LogP contribution is -2.22. The Bertz CT molecular complexity index is 1280. The van der Waals surface area contributed by atoms with Crippen LogP contribution < -0.4 is 0 Å². The number of aliphatic hydroxyl groups excluding tert-OH is 1. The molecule has 0 spiro atoms. The first-order valence-corrected chi connectivity index (χ1v) is 18.7. The lowest BCUT2D eigenvalue weighted by molar-refractivity contribution is -0.140. The lowest BCUT2D eigenvalue weighted by Gasteiger charge is -2.17. The minimum atomic E-state index is -3.77. The third-order valence-corrected chi connectivity index (χ3v) is 8.56. The third kappa shape index (κ3) is 20.3. The van der Waals surface area contributed by atoms with Crippen LogP contribution in [0, 0.1) is 0 Å². The number of hydrogen-bond acceptors (Lipinski definition) is 14. The van der Waals surface area contributed by atoms with Crippen LogP contribution in [0.2, 0.25) is 0 Å². The van der Waals surface area contributed by atoms with Crippen molar-refractivity contribution in [1.29, 1.82) is 0 Å². The summed E-state index contributed by atoms with van der Waals surface area (Å²) in [7, 11) is -0.480. The Morgan fingerprint density at radius 3 is 1.61 bits per heavy atom. The molecule has 0 radical (unpaired) electrons. The first-order valence-electron chi connectivity index (χ1n) is 17.3. The Labute approximate surface area is 303 Å². The SMILES string of the molecule is CC1(C)OCC(CCOS(=O)(=O)c2ccc3ccccc3c2)O1.COCCOCCOCCC1COC(C)(C)O1.COCCOCCOCCO. The summed E-state index contributed by atoms with van der Waals surface area (Å²) < 4.78 is 82.3. The first kappa shape index (κ1) is 45.3. The summed E-state index contributed by atoms with van der Waals surface area (Å²) in [5.74, 6) is -1.05. The van der Waals surface area contributed by atoms with Gasteiger partial charge in [-0.15, -0.1) is 0 Å². The number of fused-ring (bicyclic) bond motifs is 1. The summed E-state index contributed by atoms with van der Waals surface area (Å²) >= 11 is 0. The van der Waals surface area contributed by atoms with Gasteiger partial charge in [0.2, 0.25) is 0 Å². The smallest absolute Gasteiger partial charge is 0.296 e. The Kier molecular flexibility index (Phi) is 22.4. The molecule has 0 amide bonds. The molecule has 2 unspecified atom stereocenters. The minimum Gasteiger partial charge on any atom is -0.394 e. The Balaban J connectivity index is 0.000000285. The predicted octanol–water partition coefficient (Wildman–Crippen LogP) is 3.95. The zero-order valence-electron chi connectivity index (χ0n) is 31.2. The summed E-state index contributed by atoms with van der Waals surface area (Å²) in [5, 5.41) is 10.2. The first-order chi connectivity index (χ1) is 24.4. The van der Waals surface area contributed by atoms with Crippen molar-refractivity contribution < 1.29 is 65.1 Å². The molecule has 0 saturated carbocycles. The van der Waals surface area contributed by atoms with Crippen molar-refractivity contribution >= 4 is 20.9 Å². The number of hydrogen-bond donors (Lipinski definition) is 1. The van der Waals surface area contributed by atoms with Gasteiger partial charge in [0.25, 0.3) is 10.1 Å². The molecule has 2 saturated heterocycles. The molecule has 2 fully saturated rings. The molecule has 1 N–H and O–H groups in total. The molecule has 0 aromatic heterocycles. The van der Waals surface area contributed by atoms with E-state index in [0.29, 0.717) is 85.7 Å². The number of rotatable bonds is 22. The molecular weight excluding hydrogens is 688 g/mol. The second kappa shape index (κ2) is 25.2. The van der Waals surface area contributed by atoms with Gasteiger partial charge >= 0.3 is 0 Å². The Morgan fingerprint density at radius 2 is 1.12 bits per heavy atom. The van der Waals surface area contributed by atoms with Crippen LogP contribution in [0.3, 0.4) is 0 Å². The van der Waals surface area contributed by atoms with Crippen LogP contribution in [0.5, 0.6) is 0 Å². The second-order valence-electron chi connectivity index (χ2n) is 12.4. The highest BCUT2D eigenvalue weighted by Gasteiger charge is 2.33. The van der Waals surface area contributed by atoms with Crippen molar-refractivity contribution in [3.05, 3.63) is 42.5 Å². The molecule has 2 atom stereocenters. The van der Waals surface area contributed by atoms with E-state index in [-0.39, 0.29) is 30.3 Å². The molecule has 0 bridgehead atoms. The highest BCUT2D eigenvalue weighted by molar-refractivity contribution is 7.86. The second-order valence-corrected chi connectivity index (χ2v) is 14.0. The Morgan fingerprint density at radius 1 is 0.647 bits per heavy atom. The number of benzene rings is 2. The molecule has 294 valence electrons. The summed E-state index contributed by atoms with van der Waals surface area (Å²) in [4.78, 5) is 0.167. The van der Waals surface area contributed by atoms with E-state index in [1.165, 1.54) is 0 Å². The maximum Gasteiger partial charge on any atom is 0.296 e. The van der Waals surface area contributed by atoms with Crippen molar-refractivity contribution in [3.8, 4) is 0 Å². The van der Waals surface area contributed by atoms with E-state index in [1.807, 2.05) is 52.0 Å². The fourth-order valence-corrected chi connectivity index (χ4v) is 5.66. The van der Waals surface area contributed by atoms with Gasteiger partial charge in [-0.3, -0.25) is 4.18 Å². The van der Waals surface area contributed by atoms with Crippen LogP contribution in [0.1, 0.15) is 40.5 Å². The molecule has 0 aliphatic carbocycles. The van der Waals surface area contributed by atoms with Gasteiger partial charge in [0.15, 0.2) is 11.6 Å². The summed E-state index contributed by atoms with van der Waals surface area (Å²) in [5.41, 5.74) is 0. The molecule has 15 heteroatoms. The van der Waals surface area contributed by atoms with E-state index >= 15 is 0 Å². The van der Waals surface area contributed by atoms with Crippen molar-refractivity contribution in [3.63, 3.8) is 0 Å². The molecule has 2 aromatic carbocycles. The molecule has 14 nitrogen and oxygen atoms in total. The van der Waals surface area contributed by atoms with Gasteiger partial charge in [-0.1, -0.05) is 30.3 Å². The molecule has 51 heavy (non-hydrogen) atoms. The monoisotopic (exact) mass is 748 g/mol. The Hall–Kier alpha value is -1.83. The van der Waals surface area contributed by atoms with Crippen LogP contribution in [-0.2, 0) is 61.7 Å². The quantitative estimate of drug-likeness (QED) is 0.136. The summed E-state index contributed by atoms with van der Waals surface area (Å²) in [6.45, 7) is 14.6. The number of methoxy groups -OCH3 is 2. The normalized spacial score (nSPS) is 19.4. The highest BCUT2D eigenvalue weighted by atomic mass is 32.2. The fourth-order valence-electron chi connectivity index (χ4n) is 4.70. The average molecular weight is 749 g/mol. The maximum atomic E-state index is 12.3. The van der Waals surface area contributed by atoms with E-state index in [9.17, 15) is 8.42 Å². The van der Waals surface area contributed by atoms with Crippen LogP contribution in [0.25, 0.3) is 10.8 Å². The topological polar surface area (TPSA) is 156 Å². The third-order valence-electron chi connectivity index (χ3n) is 7.25. The van der Waals surface area contributed by atoms with Crippen molar-refractivity contribution in [2.24, 2.45) is 0 Å². The van der Waals surface area contributed by atoms with E-state index in [1.54, 1.807) is 32.4 Å². The predicted molar refractivity (Wildman–Crippen MR) is 190 cm³/mol. The minimum absolute atomic E-state index is 0.0675. The molecular formula is C36H60O14S. The van der Waals surface area contributed by atoms with E-state index in [2.05, 4.69) is 0 Å². The molecule has 4 rings (SSSR count). The average Bonchev–Trinajstić information content (AvgIpc) is 3.64. The van der Waals surface area contributed by atoms with Gasteiger partial charge < -0.3 is 52.5 Å². The maximum absolute atomic E-state index is 12.3. The molecule has 2 aromatic rings. The zero-order chi connectivity index (χ0) is 37.4. The van der Waals surface area contributed by atoms with Gasteiger partial charge in [-0.25, -0.2) is 0 Å². The van der Waals surface area contributed by atoms with E-state index in [4.69, 9.17) is 56.7 Å². The van der Waals surface area contributed by atoms with Crippen LogP contribution >= 0.6 is 0 Å². The highest BCUT2D eigenvalue weighted by Crippen LogP contribution is 2.26. The number of aliphatic hydroxyl groups is 1. The fraction of sp³-hybridized carbons (Fsp3) is 0.722. The van der Waals surface area contributed by atoms with Crippen LogP contribution in [0.15, 0.2) is 47.4 Å².